The van der Waals surface area contributed by atoms with Crippen LogP contribution in [0, 0.1) is 0 Å². The highest BCUT2D eigenvalue weighted by atomic mass is 16.2. The van der Waals surface area contributed by atoms with E-state index in [4.69, 9.17) is 5.73 Å². The third-order valence-electron chi connectivity index (χ3n) is 2.52. The molecule has 96 valence electrons. The molecule has 0 aliphatic heterocycles. The minimum Gasteiger partial charge on any atom is -0.366 e. The van der Waals surface area contributed by atoms with E-state index in [2.05, 4.69) is 10.3 Å². The minimum atomic E-state index is -0.629. The van der Waals surface area contributed by atoms with Crippen molar-refractivity contribution in [3.8, 4) is 0 Å². The van der Waals surface area contributed by atoms with Crippen molar-refractivity contribution in [1.29, 1.82) is 0 Å². The Kier molecular flexibility index (Phi) is 3.42. The zero-order valence-electron chi connectivity index (χ0n) is 9.84. The van der Waals surface area contributed by atoms with E-state index in [1.54, 1.807) is 18.2 Å². The van der Waals surface area contributed by atoms with E-state index in [1.165, 1.54) is 18.2 Å². The topological polar surface area (TPSA) is 105 Å². The predicted octanol–water partition coefficient (Wildman–Crippen LogP) is 1.18. The fourth-order valence-electron chi connectivity index (χ4n) is 1.61. The van der Waals surface area contributed by atoms with Crippen LogP contribution in [0.2, 0.25) is 0 Å². The molecule has 0 aliphatic rings. The quantitative estimate of drug-likeness (QED) is 0.716. The number of carbonyl (C=O) groups excluding carboxylic acids is 3. The maximum absolute atomic E-state index is 11.9. The molecule has 1 aromatic heterocycles. The van der Waals surface area contributed by atoms with Gasteiger partial charge in [0.05, 0.1) is 16.9 Å². The lowest BCUT2D eigenvalue weighted by atomic mass is 10.1. The van der Waals surface area contributed by atoms with Gasteiger partial charge in [-0.05, 0) is 24.3 Å². The number of aromatic nitrogens is 1. The summed E-state index contributed by atoms with van der Waals surface area (Å²) in [6.45, 7) is 0. The molecule has 0 saturated heterocycles. The van der Waals surface area contributed by atoms with Crippen LogP contribution in [-0.2, 0) is 0 Å². The average molecular weight is 257 g/mol. The van der Waals surface area contributed by atoms with Crippen molar-refractivity contribution in [1.82, 2.24) is 4.98 Å². The normalized spacial score (nSPS) is 9.89. The van der Waals surface area contributed by atoms with Crippen molar-refractivity contribution >= 4 is 23.8 Å². The van der Waals surface area contributed by atoms with Crippen molar-refractivity contribution in [3.05, 3.63) is 53.3 Å². The first-order valence-electron chi connectivity index (χ1n) is 5.46. The number of hydrogen-bond acceptors (Lipinski definition) is 3. The SMILES string of the molecule is NC(=O)c1ccccc1NC(=O)c1ccc(C=O)[nH]1. The molecule has 4 N–H and O–H groups in total. The average Bonchev–Trinajstić information content (AvgIpc) is 2.88. The number of aromatic amines is 1. The van der Waals surface area contributed by atoms with Gasteiger partial charge in [0.15, 0.2) is 6.29 Å². The smallest absolute Gasteiger partial charge is 0.272 e. The largest absolute Gasteiger partial charge is 0.366 e. The molecular formula is C13H11N3O3. The first-order valence-corrected chi connectivity index (χ1v) is 5.46. The Hall–Kier alpha value is -2.89. The first-order chi connectivity index (χ1) is 9.11. The van der Waals surface area contributed by atoms with E-state index in [-0.39, 0.29) is 11.3 Å². The Morgan fingerprint density at radius 1 is 1.16 bits per heavy atom. The van der Waals surface area contributed by atoms with Crippen molar-refractivity contribution in [2.75, 3.05) is 5.32 Å². The van der Waals surface area contributed by atoms with Gasteiger partial charge in [-0.1, -0.05) is 12.1 Å². The fourth-order valence-corrected chi connectivity index (χ4v) is 1.61. The highest BCUT2D eigenvalue weighted by Gasteiger charge is 2.12. The summed E-state index contributed by atoms with van der Waals surface area (Å²) in [6, 6.07) is 9.38. The second kappa shape index (κ2) is 5.18. The number of nitrogens with two attached hydrogens (primary N) is 1. The molecule has 0 saturated carbocycles. The van der Waals surface area contributed by atoms with Gasteiger partial charge in [-0.15, -0.1) is 0 Å². The van der Waals surface area contributed by atoms with Crippen LogP contribution in [0.25, 0.3) is 0 Å². The lowest BCUT2D eigenvalue weighted by molar-refractivity contribution is 0.100. The Bertz CT molecular complexity index is 646. The molecule has 2 amide bonds. The number of amides is 2. The molecule has 0 aliphatic carbocycles. The summed E-state index contributed by atoms with van der Waals surface area (Å²) < 4.78 is 0. The van der Waals surface area contributed by atoms with E-state index in [1.807, 2.05) is 0 Å². The summed E-state index contributed by atoms with van der Waals surface area (Å²) in [7, 11) is 0. The van der Waals surface area contributed by atoms with E-state index < -0.39 is 11.8 Å². The summed E-state index contributed by atoms with van der Waals surface area (Å²) >= 11 is 0. The second-order valence-corrected chi connectivity index (χ2v) is 3.81. The lowest BCUT2D eigenvalue weighted by Gasteiger charge is -2.07. The zero-order chi connectivity index (χ0) is 13.8. The lowest BCUT2D eigenvalue weighted by Crippen LogP contribution is -2.18. The van der Waals surface area contributed by atoms with Gasteiger partial charge in [-0.3, -0.25) is 14.4 Å². The number of hydrogen-bond donors (Lipinski definition) is 3. The van der Waals surface area contributed by atoms with Gasteiger partial charge >= 0.3 is 0 Å². The molecule has 1 aromatic carbocycles. The number of benzene rings is 1. The number of nitrogens with one attached hydrogen (secondary N) is 2. The van der Waals surface area contributed by atoms with Crippen molar-refractivity contribution < 1.29 is 14.4 Å². The third-order valence-corrected chi connectivity index (χ3v) is 2.52. The van der Waals surface area contributed by atoms with Crippen LogP contribution in [-0.4, -0.2) is 23.1 Å². The standard InChI is InChI=1S/C13H11N3O3/c14-12(18)9-3-1-2-4-10(9)16-13(19)11-6-5-8(7-17)15-11/h1-7,15H,(H2,14,18)(H,16,19). The Morgan fingerprint density at radius 3 is 2.53 bits per heavy atom. The summed E-state index contributed by atoms with van der Waals surface area (Å²) in [4.78, 5) is 36.3. The molecule has 6 nitrogen and oxygen atoms in total. The van der Waals surface area contributed by atoms with Crippen molar-refractivity contribution in [2.45, 2.75) is 0 Å². The van der Waals surface area contributed by atoms with E-state index >= 15 is 0 Å². The number of rotatable bonds is 4. The molecule has 6 heteroatoms. The first kappa shape index (κ1) is 12.6. The fraction of sp³-hybridized carbons (Fsp3) is 0. The van der Waals surface area contributed by atoms with Crippen LogP contribution in [0.5, 0.6) is 0 Å². The molecule has 0 fully saturated rings. The molecule has 19 heavy (non-hydrogen) atoms. The van der Waals surface area contributed by atoms with Crippen molar-refractivity contribution in [3.63, 3.8) is 0 Å². The maximum Gasteiger partial charge on any atom is 0.272 e. The highest BCUT2D eigenvalue weighted by molar-refractivity contribution is 6.08. The van der Waals surface area contributed by atoms with Gasteiger partial charge in [0.25, 0.3) is 11.8 Å². The third kappa shape index (κ3) is 2.68. The predicted molar refractivity (Wildman–Crippen MR) is 69.1 cm³/mol. The zero-order valence-corrected chi connectivity index (χ0v) is 9.84. The van der Waals surface area contributed by atoms with Gasteiger partial charge in [0.2, 0.25) is 0 Å². The van der Waals surface area contributed by atoms with Crippen LogP contribution >= 0.6 is 0 Å². The summed E-state index contributed by atoms with van der Waals surface area (Å²) in [6.07, 6.45) is 0.605. The van der Waals surface area contributed by atoms with Gasteiger partial charge in [0.1, 0.15) is 5.69 Å². The molecule has 2 aromatic rings. The molecule has 2 rings (SSSR count). The monoisotopic (exact) mass is 257 g/mol. The molecule has 1 heterocycles. The summed E-state index contributed by atoms with van der Waals surface area (Å²) in [5.41, 5.74) is 6.28. The Balaban J connectivity index is 2.24. The molecule has 0 atom stereocenters. The van der Waals surface area contributed by atoms with Gasteiger partial charge < -0.3 is 16.0 Å². The van der Waals surface area contributed by atoms with E-state index in [0.29, 0.717) is 17.7 Å². The van der Waals surface area contributed by atoms with Crippen LogP contribution in [0.4, 0.5) is 5.69 Å². The number of carbonyl (C=O) groups is 3. The van der Waals surface area contributed by atoms with Gasteiger partial charge in [0, 0.05) is 0 Å². The minimum absolute atomic E-state index is 0.220. The van der Waals surface area contributed by atoms with Crippen LogP contribution in [0.1, 0.15) is 31.3 Å². The highest BCUT2D eigenvalue weighted by Crippen LogP contribution is 2.15. The maximum atomic E-state index is 11.9. The van der Waals surface area contributed by atoms with E-state index in [9.17, 15) is 14.4 Å². The number of H-pyrrole nitrogens is 1. The number of anilines is 1. The Labute approximate surface area is 108 Å². The van der Waals surface area contributed by atoms with Crippen LogP contribution < -0.4 is 11.1 Å². The van der Waals surface area contributed by atoms with E-state index in [0.717, 1.165) is 0 Å². The molecule has 0 radical (unpaired) electrons. The second-order valence-electron chi connectivity index (χ2n) is 3.81. The molecule has 0 unspecified atom stereocenters. The van der Waals surface area contributed by atoms with Gasteiger partial charge in [-0.2, -0.15) is 0 Å². The summed E-state index contributed by atoms with van der Waals surface area (Å²) in [5, 5.41) is 2.56. The number of aldehydes is 1. The van der Waals surface area contributed by atoms with Crippen LogP contribution in [0.15, 0.2) is 36.4 Å². The molecular weight excluding hydrogens is 246 g/mol. The van der Waals surface area contributed by atoms with Gasteiger partial charge in [-0.25, -0.2) is 0 Å². The Morgan fingerprint density at radius 2 is 1.89 bits per heavy atom. The number of primary amides is 1. The molecule has 0 spiro atoms. The van der Waals surface area contributed by atoms with Crippen LogP contribution in [0.3, 0.4) is 0 Å². The molecule has 0 bridgehead atoms. The van der Waals surface area contributed by atoms with Crippen molar-refractivity contribution in [2.24, 2.45) is 5.73 Å². The number of para-hydroxylation sites is 1. The summed E-state index contributed by atoms with van der Waals surface area (Å²) in [5.74, 6) is -1.09.